The van der Waals surface area contributed by atoms with Gasteiger partial charge in [-0.1, -0.05) is 46.3 Å². The zero-order chi connectivity index (χ0) is 24.9. The third-order valence-electron chi connectivity index (χ3n) is 5.84. The molecule has 0 radical (unpaired) electrons. The highest BCUT2D eigenvalue weighted by molar-refractivity contribution is 9.10. The first-order chi connectivity index (χ1) is 16.8. The lowest BCUT2D eigenvalue weighted by Gasteiger charge is -2.16. The summed E-state index contributed by atoms with van der Waals surface area (Å²) in [5.41, 5.74) is 2.33. The number of nitrogens with one attached hydrogen (secondary N) is 1. The fourth-order valence-electron chi connectivity index (χ4n) is 3.97. The van der Waals surface area contributed by atoms with Crippen molar-refractivity contribution in [2.45, 2.75) is 39.3 Å². The molecular weight excluding hydrogens is 506 g/mol. The summed E-state index contributed by atoms with van der Waals surface area (Å²) in [5.74, 6) is -0.601. The van der Waals surface area contributed by atoms with E-state index in [9.17, 15) is 14.4 Å². The smallest absolute Gasteiger partial charge is 0.240 e. The molecule has 0 saturated carbocycles. The molecule has 4 aromatic rings. The summed E-state index contributed by atoms with van der Waals surface area (Å²) in [4.78, 5) is 43.8. The number of fused-ring (bicyclic) bond motifs is 1. The highest BCUT2D eigenvalue weighted by Gasteiger charge is 2.19. The molecule has 0 saturated heterocycles. The third-order valence-corrected chi connectivity index (χ3v) is 6.37. The van der Waals surface area contributed by atoms with Crippen molar-refractivity contribution in [3.05, 3.63) is 110 Å². The Morgan fingerprint density at radius 2 is 1.74 bits per heavy atom. The molecule has 0 spiro atoms. The first kappa shape index (κ1) is 24.5. The summed E-state index contributed by atoms with van der Waals surface area (Å²) in [6.07, 6.45) is 3.11. The number of nitrogens with zero attached hydrogens (tertiary/aromatic N) is 2. The Bertz CT molecular complexity index is 1430. The zero-order valence-corrected chi connectivity index (χ0v) is 21.2. The highest BCUT2D eigenvalue weighted by Crippen LogP contribution is 2.16. The number of hydrogen-bond acceptors (Lipinski definition) is 4. The van der Waals surface area contributed by atoms with E-state index in [0.29, 0.717) is 22.3 Å². The van der Waals surface area contributed by atoms with Gasteiger partial charge < -0.3 is 9.88 Å². The van der Waals surface area contributed by atoms with Gasteiger partial charge in [0.1, 0.15) is 12.2 Å². The molecule has 7 heteroatoms. The van der Waals surface area contributed by atoms with Gasteiger partial charge in [-0.15, -0.1) is 0 Å². The van der Waals surface area contributed by atoms with Crippen molar-refractivity contribution < 1.29 is 9.59 Å². The SMILES string of the molecule is Cc1ccc2c(=O)c(C(=O)c3ccc(Br)cc3)cn(CC(=O)NC(C)CCc3ccccc3)c2n1. The number of amides is 1. The maximum Gasteiger partial charge on any atom is 0.240 e. The maximum absolute atomic E-state index is 13.2. The number of carbonyl (C=O) groups excluding carboxylic acids is 2. The third kappa shape index (κ3) is 5.92. The topological polar surface area (TPSA) is 81.1 Å². The van der Waals surface area contributed by atoms with E-state index >= 15 is 0 Å². The summed E-state index contributed by atoms with van der Waals surface area (Å²) in [7, 11) is 0. The van der Waals surface area contributed by atoms with E-state index < -0.39 is 11.2 Å². The number of aryl methyl sites for hydroxylation is 2. The molecule has 0 aliphatic heterocycles. The van der Waals surface area contributed by atoms with Crippen molar-refractivity contribution in [3.63, 3.8) is 0 Å². The van der Waals surface area contributed by atoms with Gasteiger partial charge in [0.2, 0.25) is 11.3 Å². The van der Waals surface area contributed by atoms with Crippen molar-refractivity contribution in [2.75, 3.05) is 0 Å². The maximum atomic E-state index is 13.2. The van der Waals surface area contributed by atoms with E-state index in [-0.39, 0.29) is 24.1 Å². The molecule has 0 aliphatic rings. The van der Waals surface area contributed by atoms with E-state index in [1.165, 1.54) is 11.8 Å². The summed E-state index contributed by atoms with van der Waals surface area (Å²) in [6, 6.07) is 20.3. The Balaban J connectivity index is 1.59. The second-order valence-electron chi connectivity index (χ2n) is 8.65. The molecule has 1 atom stereocenters. The van der Waals surface area contributed by atoms with Crippen LogP contribution in [0.5, 0.6) is 0 Å². The van der Waals surface area contributed by atoms with Crippen LogP contribution >= 0.6 is 15.9 Å². The van der Waals surface area contributed by atoms with Crippen LogP contribution in [0.1, 0.15) is 40.5 Å². The molecule has 4 rings (SSSR count). The second-order valence-corrected chi connectivity index (χ2v) is 9.57. The Morgan fingerprint density at radius 1 is 1.03 bits per heavy atom. The molecule has 0 fully saturated rings. The normalized spacial score (nSPS) is 11.9. The van der Waals surface area contributed by atoms with Gasteiger partial charge in [-0.3, -0.25) is 14.4 Å². The molecule has 0 aliphatic carbocycles. The van der Waals surface area contributed by atoms with Gasteiger partial charge in [-0.25, -0.2) is 4.98 Å². The quantitative estimate of drug-likeness (QED) is 0.330. The van der Waals surface area contributed by atoms with Crippen LogP contribution in [0.4, 0.5) is 0 Å². The largest absolute Gasteiger partial charge is 0.352 e. The molecule has 0 bridgehead atoms. The van der Waals surface area contributed by atoms with Crippen LogP contribution in [0.3, 0.4) is 0 Å². The van der Waals surface area contributed by atoms with Gasteiger partial charge in [0.05, 0.1) is 10.9 Å². The summed E-state index contributed by atoms with van der Waals surface area (Å²) in [5, 5.41) is 3.33. The first-order valence-corrected chi connectivity index (χ1v) is 12.3. The summed E-state index contributed by atoms with van der Waals surface area (Å²) >= 11 is 3.36. The summed E-state index contributed by atoms with van der Waals surface area (Å²) < 4.78 is 2.43. The second kappa shape index (κ2) is 10.8. The molecule has 2 aromatic heterocycles. The van der Waals surface area contributed by atoms with Crippen LogP contribution < -0.4 is 10.7 Å². The van der Waals surface area contributed by atoms with E-state index in [0.717, 1.165) is 17.3 Å². The number of halogens is 1. The number of carbonyl (C=O) groups is 2. The highest BCUT2D eigenvalue weighted by atomic mass is 79.9. The fraction of sp³-hybridized carbons (Fsp3) is 0.214. The number of ketones is 1. The minimum absolute atomic E-state index is 0.00963. The standard InChI is InChI=1S/C28H26BrN3O3/c1-18(8-10-20-6-4-3-5-7-20)30-25(33)17-32-16-24(26(34)21-11-13-22(29)14-12-21)27(35)23-15-9-19(2)31-28(23)32/h3-7,9,11-16,18H,8,10,17H2,1-2H3,(H,30,33). The van der Waals surface area contributed by atoms with E-state index in [1.807, 2.05) is 32.0 Å². The van der Waals surface area contributed by atoms with Gasteiger partial charge in [0, 0.05) is 28.0 Å². The number of rotatable bonds is 8. The molecule has 1 amide bonds. The molecule has 178 valence electrons. The monoisotopic (exact) mass is 531 g/mol. The predicted octanol–water partition coefficient (Wildman–Crippen LogP) is 4.84. The molecule has 35 heavy (non-hydrogen) atoms. The lowest BCUT2D eigenvalue weighted by Crippen LogP contribution is -2.36. The van der Waals surface area contributed by atoms with Crippen molar-refractivity contribution in [2.24, 2.45) is 0 Å². The summed E-state index contributed by atoms with van der Waals surface area (Å²) in [6.45, 7) is 3.74. The van der Waals surface area contributed by atoms with E-state index in [4.69, 9.17) is 0 Å². The van der Waals surface area contributed by atoms with E-state index in [1.54, 1.807) is 41.0 Å². The van der Waals surface area contributed by atoms with E-state index in [2.05, 4.69) is 38.4 Å². The fourth-order valence-corrected chi connectivity index (χ4v) is 4.24. The van der Waals surface area contributed by atoms with Crippen LogP contribution in [-0.4, -0.2) is 27.3 Å². The number of benzene rings is 2. The van der Waals surface area contributed by atoms with Crippen LogP contribution in [0.2, 0.25) is 0 Å². The minimum Gasteiger partial charge on any atom is -0.352 e. The van der Waals surface area contributed by atoms with Crippen molar-refractivity contribution in [1.82, 2.24) is 14.9 Å². The van der Waals surface area contributed by atoms with Gasteiger partial charge in [-0.2, -0.15) is 0 Å². The molecule has 1 unspecified atom stereocenters. The Labute approximate surface area is 212 Å². The number of hydrogen-bond donors (Lipinski definition) is 1. The molecule has 2 aromatic carbocycles. The van der Waals surface area contributed by atoms with Crippen LogP contribution in [0.15, 0.2) is 82.2 Å². The lowest BCUT2D eigenvalue weighted by atomic mass is 10.0. The van der Waals surface area contributed by atoms with Crippen molar-refractivity contribution in [3.8, 4) is 0 Å². The van der Waals surface area contributed by atoms with Crippen LogP contribution in [-0.2, 0) is 17.8 Å². The van der Waals surface area contributed by atoms with Gasteiger partial charge in [0.15, 0.2) is 5.78 Å². The first-order valence-electron chi connectivity index (χ1n) is 11.5. The van der Waals surface area contributed by atoms with Crippen LogP contribution in [0, 0.1) is 6.92 Å². The molecule has 2 heterocycles. The van der Waals surface area contributed by atoms with Gasteiger partial charge >= 0.3 is 0 Å². The minimum atomic E-state index is -0.395. The average molecular weight is 532 g/mol. The van der Waals surface area contributed by atoms with Gasteiger partial charge in [-0.05, 0) is 68.7 Å². The molecule has 6 nitrogen and oxygen atoms in total. The van der Waals surface area contributed by atoms with Crippen molar-refractivity contribution in [1.29, 1.82) is 0 Å². The molecular formula is C28H26BrN3O3. The zero-order valence-electron chi connectivity index (χ0n) is 19.6. The van der Waals surface area contributed by atoms with Crippen LogP contribution in [0.25, 0.3) is 11.0 Å². The van der Waals surface area contributed by atoms with Gasteiger partial charge in [0.25, 0.3) is 0 Å². The number of pyridine rings is 2. The lowest BCUT2D eigenvalue weighted by molar-refractivity contribution is -0.122. The number of aromatic nitrogens is 2. The predicted molar refractivity (Wildman–Crippen MR) is 141 cm³/mol. The Hall–Kier alpha value is -3.58. The average Bonchev–Trinajstić information content (AvgIpc) is 2.85. The van der Waals surface area contributed by atoms with Crippen molar-refractivity contribution >= 4 is 38.7 Å². The molecule has 1 N–H and O–H groups in total. The Kier molecular flexibility index (Phi) is 7.56. The Morgan fingerprint density at radius 3 is 2.46 bits per heavy atom.